The monoisotopic (exact) mass is 198 g/mol. The first-order valence-corrected chi connectivity index (χ1v) is 3.97. The molecule has 0 saturated carbocycles. The van der Waals surface area contributed by atoms with Crippen LogP contribution in [0.3, 0.4) is 0 Å². The van der Waals surface area contributed by atoms with E-state index < -0.39 is 11.9 Å². The highest BCUT2D eigenvalue weighted by Crippen LogP contribution is 2.01. The number of carboxylic acid groups (broad SMARTS) is 1. The summed E-state index contributed by atoms with van der Waals surface area (Å²) in [6.45, 7) is 0.159. The highest BCUT2D eigenvalue weighted by Gasteiger charge is 2.12. The van der Waals surface area contributed by atoms with Crippen molar-refractivity contribution < 1.29 is 19.4 Å². The van der Waals surface area contributed by atoms with Crippen molar-refractivity contribution in [3.8, 4) is 0 Å². The molecule has 0 atom stereocenters. The summed E-state index contributed by atoms with van der Waals surface area (Å²) < 4.78 is 5.80. The fraction of sp³-hybridized carbons (Fsp3) is 0.375. The van der Waals surface area contributed by atoms with Crippen molar-refractivity contribution in [1.82, 2.24) is 9.78 Å². The van der Waals surface area contributed by atoms with E-state index in [0.717, 1.165) is 0 Å². The van der Waals surface area contributed by atoms with Gasteiger partial charge >= 0.3 is 11.9 Å². The second-order valence-electron chi connectivity index (χ2n) is 2.57. The molecule has 0 aromatic carbocycles. The third-order valence-electron chi connectivity index (χ3n) is 1.65. The maximum atomic E-state index is 11.1. The molecule has 14 heavy (non-hydrogen) atoms. The second-order valence-corrected chi connectivity index (χ2v) is 2.57. The van der Waals surface area contributed by atoms with Crippen molar-refractivity contribution in [2.24, 2.45) is 0 Å². The molecule has 0 radical (unpaired) electrons. The van der Waals surface area contributed by atoms with E-state index in [4.69, 9.17) is 5.11 Å². The molecule has 1 rings (SSSR count). The molecule has 1 aromatic heterocycles. The molecule has 0 bridgehead atoms. The molecule has 1 N–H and O–H groups in total. The number of aromatic nitrogens is 2. The van der Waals surface area contributed by atoms with Gasteiger partial charge in [0.1, 0.15) is 5.69 Å². The second kappa shape index (κ2) is 4.40. The van der Waals surface area contributed by atoms with Gasteiger partial charge in [0.25, 0.3) is 0 Å². The Morgan fingerprint density at radius 2 is 2.36 bits per heavy atom. The number of aryl methyl sites for hydroxylation is 1. The minimum atomic E-state index is -0.934. The van der Waals surface area contributed by atoms with Crippen LogP contribution in [0.4, 0.5) is 0 Å². The lowest BCUT2D eigenvalue weighted by atomic mass is 10.4. The molecule has 6 heteroatoms. The third-order valence-corrected chi connectivity index (χ3v) is 1.65. The van der Waals surface area contributed by atoms with Crippen LogP contribution in [0.15, 0.2) is 12.3 Å². The van der Waals surface area contributed by atoms with Crippen molar-refractivity contribution in [3.05, 3.63) is 18.0 Å². The van der Waals surface area contributed by atoms with Gasteiger partial charge in [0.2, 0.25) is 0 Å². The third kappa shape index (κ3) is 2.32. The number of carboxylic acids is 1. The number of esters is 1. The Kier molecular flexibility index (Phi) is 3.22. The van der Waals surface area contributed by atoms with Gasteiger partial charge in [-0.2, -0.15) is 5.10 Å². The normalized spacial score (nSPS) is 9.79. The van der Waals surface area contributed by atoms with E-state index in [2.05, 4.69) is 9.84 Å². The molecule has 0 aliphatic heterocycles. The fourth-order valence-corrected chi connectivity index (χ4v) is 0.990. The van der Waals surface area contributed by atoms with E-state index in [-0.39, 0.29) is 18.7 Å². The summed E-state index contributed by atoms with van der Waals surface area (Å²) in [7, 11) is 1.26. The Balaban J connectivity index is 2.72. The van der Waals surface area contributed by atoms with Crippen LogP contribution < -0.4 is 0 Å². The number of carbonyl (C=O) groups is 2. The first kappa shape index (κ1) is 10.2. The van der Waals surface area contributed by atoms with E-state index >= 15 is 0 Å². The van der Waals surface area contributed by atoms with Gasteiger partial charge in [-0.25, -0.2) is 4.79 Å². The lowest BCUT2D eigenvalue weighted by Gasteiger charge is -2.03. The van der Waals surface area contributed by atoms with E-state index in [9.17, 15) is 9.59 Å². The van der Waals surface area contributed by atoms with Crippen molar-refractivity contribution in [2.45, 2.75) is 13.0 Å². The van der Waals surface area contributed by atoms with E-state index in [0.29, 0.717) is 0 Å². The standard InChI is InChI=1S/C8H10N2O4/c1-14-8(13)6-2-4-9-10(6)5-3-7(11)12/h2,4H,3,5H2,1H3,(H,11,12). The van der Waals surface area contributed by atoms with Gasteiger partial charge in [0.15, 0.2) is 0 Å². The number of methoxy groups -OCH3 is 1. The fourth-order valence-electron chi connectivity index (χ4n) is 0.990. The molecule has 1 heterocycles. The summed E-state index contributed by atoms with van der Waals surface area (Å²) in [6, 6.07) is 1.48. The van der Waals surface area contributed by atoms with Crippen molar-refractivity contribution in [1.29, 1.82) is 0 Å². The Bertz CT molecular complexity index is 345. The van der Waals surface area contributed by atoms with Crippen LogP contribution in [-0.2, 0) is 16.1 Å². The summed E-state index contributed by atoms with van der Waals surface area (Å²) in [5.41, 5.74) is 0.258. The number of rotatable bonds is 4. The number of carbonyl (C=O) groups excluding carboxylic acids is 1. The minimum Gasteiger partial charge on any atom is -0.481 e. The topological polar surface area (TPSA) is 81.4 Å². The molecule has 76 valence electrons. The molecule has 1 aromatic rings. The van der Waals surface area contributed by atoms with Gasteiger partial charge in [0.05, 0.1) is 20.1 Å². The summed E-state index contributed by atoms with van der Waals surface area (Å²) in [6.07, 6.45) is 1.35. The molecule has 0 aliphatic rings. The van der Waals surface area contributed by atoms with Gasteiger partial charge in [-0.1, -0.05) is 0 Å². The zero-order valence-electron chi connectivity index (χ0n) is 7.64. The number of hydrogen-bond acceptors (Lipinski definition) is 4. The van der Waals surface area contributed by atoms with Crippen LogP contribution in [0.2, 0.25) is 0 Å². The van der Waals surface area contributed by atoms with Crippen molar-refractivity contribution >= 4 is 11.9 Å². The predicted octanol–water partition coefficient (Wildman–Crippen LogP) is 0.144. The molecule has 6 nitrogen and oxygen atoms in total. The van der Waals surface area contributed by atoms with Crippen LogP contribution in [0.25, 0.3) is 0 Å². The van der Waals surface area contributed by atoms with Crippen LogP contribution >= 0.6 is 0 Å². The summed E-state index contributed by atoms with van der Waals surface area (Å²) in [5.74, 6) is -1.45. The zero-order valence-corrected chi connectivity index (χ0v) is 7.64. The average molecular weight is 198 g/mol. The maximum Gasteiger partial charge on any atom is 0.356 e. The first-order chi connectivity index (χ1) is 6.65. The predicted molar refractivity (Wildman–Crippen MR) is 45.8 cm³/mol. The van der Waals surface area contributed by atoms with Crippen LogP contribution in [0.5, 0.6) is 0 Å². The van der Waals surface area contributed by atoms with Gasteiger partial charge in [0, 0.05) is 6.20 Å². The minimum absolute atomic E-state index is 0.0777. The average Bonchev–Trinajstić information content (AvgIpc) is 2.61. The van der Waals surface area contributed by atoms with Crippen molar-refractivity contribution in [2.75, 3.05) is 7.11 Å². The molecule has 0 aliphatic carbocycles. The quantitative estimate of drug-likeness (QED) is 0.696. The van der Waals surface area contributed by atoms with Gasteiger partial charge < -0.3 is 9.84 Å². The molecule has 0 amide bonds. The van der Waals surface area contributed by atoms with E-state index in [1.165, 1.54) is 24.1 Å². The smallest absolute Gasteiger partial charge is 0.356 e. The summed E-state index contributed by atoms with van der Waals surface area (Å²) in [5, 5.41) is 12.3. The Labute approximate surface area is 80.1 Å². The first-order valence-electron chi connectivity index (χ1n) is 3.97. The lowest BCUT2D eigenvalue weighted by Crippen LogP contribution is -2.13. The van der Waals surface area contributed by atoms with E-state index in [1.807, 2.05) is 0 Å². The van der Waals surface area contributed by atoms with Gasteiger partial charge in [-0.05, 0) is 6.07 Å². The van der Waals surface area contributed by atoms with Gasteiger partial charge in [-0.15, -0.1) is 0 Å². The maximum absolute atomic E-state index is 11.1. The zero-order chi connectivity index (χ0) is 10.6. The molecular weight excluding hydrogens is 188 g/mol. The number of aliphatic carboxylic acids is 1. The molecule has 0 unspecified atom stereocenters. The van der Waals surface area contributed by atoms with E-state index in [1.54, 1.807) is 0 Å². The summed E-state index contributed by atoms with van der Waals surface area (Å²) in [4.78, 5) is 21.4. The number of ether oxygens (including phenoxy) is 1. The number of hydrogen-bond donors (Lipinski definition) is 1. The summed E-state index contributed by atoms with van der Waals surface area (Å²) >= 11 is 0. The molecular formula is C8H10N2O4. The highest BCUT2D eigenvalue weighted by atomic mass is 16.5. The largest absolute Gasteiger partial charge is 0.481 e. The Morgan fingerprint density at radius 1 is 1.64 bits per heavy atom. The molecule has 0 spiro atoms. The van der Waals surface area contributed by atoms with Crippen LogP contribution in [0, 0.1) is 0 Å². The SMILES string of the molecule is COC(=O)c1ccnn1CCC(=O)O. The van der Waals surface area contributed by atoms with Crippen molar-refractivity contribution in [3.63, 3.8) is 0 Å². The van der Waals surface area contributed by atoms with Crippen LogP contribution in [0.1, 0.15) is 16.9 Å². The van der Waals surface area contributed by atoms with Crippen LogP contribution in [-0.4, -0.2) is 33.9 Å². The van der Waals surface area contributed by atoms with Gasteiger partial charge in [-0.3, -0.25) is 9.48 Å². The molecule has 0 saturated heterocycles. The Morgan fingerprint density at radius 3 is 2.93 bits per heavy atom. The molecule has 0 fully saturated rings. The lowest BCUT2D eigenvalue weighted by molar-refractivity contribution is -0.137. The Hall–Kier alpha value is -1.85. The highest BCUT2D eigenvalue weighted by molar-refractivity contribution is 5.87. The number of nitrogens with zero attached hydrogens (tertiary/aromatic N) is 2.